The average molecular weight is 608 g/mol. The summed E-state index contributed by atoms with van der Waals surface area (Å²) in [4.78, 5) is 3.56. The van der Waals surface area contributed by atoms with Gasteiger partial charge in [-0.25, -0.2) is 0 Å². The van der Waals surface area contributed by atoms with Gasteiger partial charge in [0.25, 0.3) is 0 Å². The highest BCUT2D eigenvalue weighted by Gasteiger charge is 2.12. The minimum Gasteiger partial charge on any atom is -0.355 e. The zero-order valence-electron chi connectivity index (χ0n) is 24.2. The molecule has 0 aliphatic rings. The topological polar surface area (TPSA) is 15.8 Å². The number of para-hydroxylation sites is 1. The summed E-state index contributed by atoms with van der Waals surface area (Å²) in [6.07, 6.45) is 0. The van der Waals surface area contributed by atoms with Crippen LogP contribution in [0.25, 0.3) is 95.5 Å². The van der Waals surface area contributed by atoms with E-state index in [4.69, 9.17) is 0 Å². The highest BCUT2D eigenvalue weighted by molar-refractivity contribution is 7.26. The summed E-state index contributed by atoms with van der Waals surface area (Å²) in [5.74, 6) is 0. The predicted molar refractivity (Wildman–Crippen MR) is 198 cm³/mol. The second kappa shape index (κ2) is 9.64. The highest BCUT2D eigenvalue weighted by Crippen LogP contribution is 2.41. The number of hydrogen-bond acceptors (Lipinski definition) is 2. The summed E-state index contributed by atoms with van der Waals surface area (Å²) in [6.45, 7) is 0. The lowest BCUT2D eigenvalue weighted by Crippen LogP contribution is -1.82. The van der Waals surface area contributed by atoms with Gasteiger partial charge in [-0.1, -0.05) is 78.9 Å². The quantitative estimate of drug-likeness (QED) is 0.206. The van der Waals surface area contributed by atoms with E-state index in [0.29, 0.717) is 0 Å². The van der Waals surface area contributed by atoms with E-state index in [0.717, 1.165) is 0 Å². The Hall–Kier alpha value is -5.22. The van der Waals surface area contributed by atoms with Crippen LogP contribution in [0.5, 0.6) is 0 Å². The molecule has 0 bridgehead atoms. The number of benzene rings is 7. The Kier molecular flexibility index (Phi) is 5.39. The van der Waals surface area contributed by atoms with Gasteiger partial charge in [0.2, 0.25) is 0 Å². The van der Waals surface area contributed by atoms with Crippen molar-refractivity contribution in [2.75, 3.05) is 0 Å². The van der Waals surface area contributed by atoms with Crippen molar-refractivity contribution in [3.05, 3.63) is 146 Å². The molecule has 0 amide bonds. The van der Waals surface area contributed by atoms with Gasteiger partial charge in [0.1, 0.15) is 0 Å². The summed E-state index contributed by atoms with van der Waals surface area (Å²) >= 11 is 3.74. The molecule has 10 aromatic rings. The molecule has 0 spiro atoms. The number of thiophene rings is 2. The third-order valence-electron chi connectivity index (χ3n) is 9.21. The second-order valence-corrected chi connectivity index (χ2v) is 14.0. The molecule has 0 unspecified atom stereocenters. The van der Waals surface area contributed by atoms with E-state index >= 15 is 0 Å². The van der Waals surface area contributed by atoms with Crippen LogP contribution in [0.3, 0.4) is 0 Å². The molecular weight excluding hydrogens is 583 g/mol. The van der Waals surface area contributed by atoms with Crippen molar-refractivity contribution in [3.8, 4) is 33.4 Å². The molecule has 3 heterocycles. The molecule has 1 nitrogen and oxygen atoms in total. The second-order valence-electron chi connectivity index (χ2n) is 11.8. The first-order chi connectivity index (χ1) is 22.2. The summed E-state index contributed by atoms with van der Waals surface area (Å²) in [7, 11) is 0. The van der Waals surface area contributed by atoms with Crippen molar-refractivity contribution < 1.29 is 0 Å². The maximum absolute atomic E-state index is 3.56. The molecule has 1 N–H and O–H groups in total. The zero-order valence-corrected chi connectivity index (χ0v) is 25.8. The van der Waals surface area contributed by atoms with Gasteiger partial charge in [0.05, 0.1) is 0 Å². The van der Waals surface area contributed by atoms with E-state index in [9.17, 15) is 0 Å². The smallest absolute Gasteiger partial charge is 0.0465 e. The standard InChI is InChI=1S/C42H25NS2/c1-3-10-37-31(8-1)33-21-27(12-16-38(33)43-37)30-15-19-42-36(24-30)35-23-29(14-18-41(35)45-42)26-7-5-6-25(20-26)28-13-17-40-34(22-28)32-9-2-4-11-39(32)44-40/h1-24,43H. The summed E-state index contributed by atoms with van der Waals surface area (Å²) in [5, 5.41) is 7.85. The third-order valence-corrected chi connectivity index (χ3v) is 11.5. The number of aromatic nitrogens is 1. The zero-order chi connectivity index (χ0) is 29.5. The number of aromatic amines is 1. The first-order valence-corrected chi connectivity index (χ1v) is 16.9. The lowest BCUT2D eigenvalue weighted by atomic mass is 9.96. The van der Waals surface area contributed by atoms with Crippen LogP contribution in [0.4, 0.5) is 0 Å². The fourth-order valence-electron chi connectivity index (χ4n) is 6.95. The monoisotopic (exact) mass is 607 g/mol. The first-order valence-electron chi connectivity index (χ1n) is 15.2. The van der Waals surface area contributed by atoms with Crippen LogP contribution in [0.1, 0.15) is 0 Å². The molecule has 10 rings (SSSR count). The summed E-state index contributed by atoms with van der Waals surface area (Å²) in [5.41, 5.74) is 9.84. The van der Waals surface area contributed by atoms with Gasteiger partial charge >= 0.3 is 0 Å². The van der Waals surface area contributed by atoms with Crippen molar-refractivity contribution in [2.45, 2.75) is 0 Å². The van der Waals surface area contributed by atoms with Crippen LogP contribution in [-0.4, -0.2) is 4.98 Å². The van der Waals surface area contributed by atoms with Crippen LogP contribution in [0, 0.1) is 0 Å². The maximum atomic E-state index is 3.56. The average Bonchev–Trinajstić information content (AvgIpc) is 3.78. The summed E-state index contributed by atoms with van der Waals surface area (Å²) in [6, 6.07) is 53.8. The summed E-state index contributed by atoms with van der Waals surface area (Å²) < 4.78 is 5.33. The number of hydrogen-bond donors (Lipinski definition) is 1. The van der Waals surface area contributed by atoms with Gasteiger partial charge < -0.3 is 4.98 Å². The van der Waals surface area contributed by atoms with Gasteiger partial charge in [-0.3, -0.25) is 0 Å². The van der Waals surface area contributed by atoms with Gasteiger partial charge in [-0.2, -0.15) is 0 Å². The molecular formula is C42H25NS2. The molecule has 0 saturated carbocycles. The lowest BCUT2D eigenvalue weighted by Gasteiger charge is -2.08. The van der Waals surface area contributed by atoms with Crippen molar-refractivity contribution in [1.29, 1.82) is 0 Å². The minimum atomic E-state index is 1.18. The van der Waals surface area contributed by atoms with Crippen LogP contribution < -0.4 is 0 Å². The molecule has 45 heavy (non-hydrogen) atoms. The van der Waals surface area contributed by atoms with Crippen molar-refractivity contribution in [3.63, 3.8) is 0 Å². The van der Waals surface area contributed by atoms with Gasteiger partial charge in [-0.15, -0.1) is 22.7 Å². The van der Waals surface area contributed by atoms with Crippen LogP contribution >= 0.6 is 22.7 Å². The normalized spacial score (nSPS) is 12.0. The molecule has 0 saturated heterocycles. The lowest BCUT2D eigenvalue weighted by molar-refractivity contribution is 1.54. The Morgan fingerprint density at radius 3 is 1.38 bits per heavy atom. The van der Waals surface area contributed by atoms with Crippen LogP contribution in [0.2, 0.25) is 0 Å². The van der Waals surface area contributed by atoms with E-state index < -0.39 is 0 Å². The van der Waals surface area contributed by atoms with Gasteiger partial charge in [0, 0.05) is 62.2 Å². The Labute approximate surface area is 267 Å². The Balaban J connectivity index is 1.07. The molecule has 0 aliphatic heterocycles. The van der Waals surface area contributed by atoms with Crippen LogP contribution in [0.15, 0.2) is 146 Å². The number of fused-ring (bicyclic) bond motifs is 9. The number of H-pyrrole nitrogens is 1. The fourth-order valence-corrected chi connectivity index (χ4v) is 9.10. The molecule has 3 aromatic heterocycles. The van der Waals surface area contributed by atoms with E-state index in [-0.39, 0.29) is 0 Å². The molecule has 3 heteroatoms. The van der Waals surface area contributed by atoms with Crippen molar-refractivity contribution in [2.24, 2.45) is 0 Å². The third kappa shape index (κ3) is 3.98. The molecule has 0 fully saturated rings. The molecule has 0 radical (unpaired) electrons. The van der Waals surface area contributed by atoms with E-state index in [1.807, 2.05) is 22.7 Å². The minimum absolute atomic E-state index is 1.18. The Bertz CT molecular complexity index is 2770. The molecule has 0 aliphatic carbocycles. The van der Waals surface area contributed by atoms with Gasteiger partial charge in [0.15, 0.2) is 0 Å². The Morgan fingerprint density at radius 2 is 0.733 bits per heavy atom. The Morgan fingerprint density at radius 1 is 0.289 bits per heavy atom. The van der Waals surface area contributed by atoms with Crippen molar-refractivity contribution >= 4 is 84.8 Å². The number of rotatable bonds is 3. The molecule has 7 aromatic carbocycles. The fraction of sp³-hybridized carbons (Fsp3) is 0. The highest BCUT2D eigenvalue weighted by atomic mass is 32.1. The first kappa shape index (κ1) is 25.1. The van der Waals surface area contributed by atoms with E-state index in [2.05, 4.69) is 151 Å². The largest absolute Gasteiger partial charge is 0.355 e. The molecule has 210 valence electrons. The van der Waals surface area contributed by atoms with Gasteiger partial charge in [-0.05, 0) is 100 Å². The molecule has 0 atom stereocenters. The maximum Gasteiger partial charge on any atom is 0.0465 e. The SMILES string of the molecule is c1cc(-c2ccc3sc4ccccc4c3c2)cc(-c2ccc3sc4ccc(-c5ccc6[nH]c7ccccc7c6c5)cc4c3c2)c1. The van der Waals surface area contributed by atoms with E-state index in [1.165, 1.54) is 95.5 Å². The number of nitrogens with one attached hydrogen (secondary N) is 1. The van der Waals surface area contributed by atoms with E-state index in [1.54, 1.807) is 0 Å². The predicted octanol–water partition coefficient (Wildman–Crippen LogP) is 13.1. The van der Waals surface area contributed by atoms with Crippen molar-refractivity contribution in [1.82, 2.24) is 4.98 Å². The van der Waals surface area contributed by atoms with Crippen LogP contribution in [-0.2, 0) is 0 Å².